The Balaban J connectivity index is 0.00000441. The van der Waals surface area contributed by atoms with Gasteiger partial charge in [0, 0.05) is 45.2 Å². The van der Waals surface area contributed by atoms with Gasteiger partial charge in [-0.1, -0.05) is 0 Å². The zero-order chi connectivity index (χ0) is 16.0. The average molecular weight is 425 g/mol. The molecular formula is C15H32IN5O. The fourth-order valence-corrected chi connectivity index (χ4v) is 2.07. The average Bonchev–Trinajstić information content (AvgIpc) is 2.43. The number of nitrogens with zero attached hydrogens (tertiary/aromatic N) is 4. The molecule has 130 valence electrons. The van der Waals surface area contributed by atoms with Crippen LogP contribution in [-0.4, -0.2) is 85.5 Å². The first-order valence-electron chi connectivity index (χ1n) is 7.74. The van der Waals surface area contributed by atoms with E-state index in [0.717, 1.165) is 45.2 Å². The summed E-state index contributed by atoms with van der Waals surface area (Å²) in [5.74, 6) is 1.11. The normalized spacial score (nSPS) is 16.6. The molecule has 0 aromatic carbocycles. The highest BCUT2D eigenvalue weighted by molar-refractivity contribution is 14.0. The molecule has 1 aliphatic heterocycles. The largest absolute Gasteiger partial charge is 0.357 e. The van der Waals surface area contributed by atoms with E-state index in [0.29, 0.717) is 0 Å². The number of aliphatic imine (C=N–C) groups is 1. The van der Waals surface area contributed by atoms with Crippen LogP contribution in [0.3, 0.4) is 0 Å². The SMILES string of the molecule is CCNC(=NCC(C)(C)N(C)C)N1CCN(C(C)=O)CC1.I. The Morgan fingerprint density at radius 1 is 1.18 bits per heavy atom. The standard InChI is InChI=1S/C15H31N5O.HI/c1-7-16-14(17-12-15(3,4)18(5)6)20-10-8-19(9-11-20)13(2)21;/h7-12H2,1-6H3,(H,16,17);1H. The number of hydrogen-bond donors (Lipinski definition) is 1. The number of rotatable bonds is 4. The van der Waals surface area contributed by atoms with Crippen molar-refractivity contribution in [1.82, 2.24) is 20.0 Å². The van der Waals surface area contributed by atoms with Crippen molar-refractivity contribution < 1.29 is 4.79 Å². The minimum absolute atomic E-state index is 0. The van der Waals surface area contributed by atoms with Crippen LogP contribution in [0.4, 0.5) is 0 Å². The zero-order valence-corrected chi connectivity index (χ0v) is 17.2. The van der Waals surface area contributed by atoms with Crippen LogP contribution in [0.5, 0.6) is 0 Å². The Kier molecular flexibility index (Phi) is 9.30. The van der Waals surface area contributed by atoms with Gasteiger partial charge in [0.2, 0.25) is 5.91 Å². The van der Waals surface area contributed by atoms with Crippen molar-refractivity contribution in [2.24, 2.45) is 4.99 Å². The molecule has 7 heteroatoms. The van der Waals surface area contributed by atoms with Gasteiger partial charge in [-0.25, -0.2) is 0 Å². The maximum atomic E-state index is 11.4. The molecule has 1 heterocycles. The molecule has 1 amide bonds. The maximum absolute atomic E-state index is 11.4. The lowest BCUT2D eigenvalue weighted by Gasteiger charge is -2.37. The van der Waals surface area contributed by atoms with Crippen LogP contribution >= 0.6 is 24.0 Å². The summed E-state index contributed by atoms with van der Waals surface area (Å²) in [6.45, 7) is 12.9. The minimum Gasteiger partial charge on any atom is -0.357 e. The first kappa shape index (κ1) is 21.4. The molecule has 0 atom stereocenters. The van der Waals surface area contributed by atoms with Crippen molar-refractivity contribution in [2.75, 3.05) is 53.4 Å². The van der Waals surface area contributed by atoms with Crippen LogP contribution in [0, 0.1) is 0 Å². The van der Waals surface area contributed by atoms with E-state index in [1.165, 1.54) is 0 Å². The van der Waals surface area contributed by atoms with Gasteiger partial charge in [0.25, 0.3) is 0 Å². The molecule has 0 unspecified atom stereocenters. The highest BCUT2D eigenvalue weighted by atomic mass is 127. The molecule has 1 rings (SSSR count). The molecule has 22 heavy (non-hydrogen) atoms. The maximum Gasteiger partial charge on any atom is 0.219 e. The van der Waals surface area contributed by atoms with E-state index in [1.54, 1.807) is 6.92 Å². The molecule has 0 aliphatic carbocycles. The fourth-order valence-electron chi connectivity index (χ4n) is 2.07. The lowest BCUT2D eigenvalue weighted by Crippen LogP contribution is -2.54. The summed E-state index contributed by atoms with van der Waals surface area (Å²) in [5, 5.41) is 3.36. The number of nitrogens with one attached hydrogen (secondary N) is 1. The summed E-state index contributed by atoms with van der Waals surface area (Å²) in [7, 11) is 4.15. The van der Waals surface area contributed by atoms with E-state index in [1.807, 2.05) is 4.90 Å². The van der Waals surface area contributed by atoms with E-state index in [9.17, 15) is 4.79 Å². The summed E-state index contributed by atoms with van der Waals surface area (Å²) in [6, 6.07) is 0. The molecule has 0 spiro atoms. The van der Waals surface area contributed by atoms with Gasteiger partial charge < -0.3 is 20.0 Å². The quantitative estimate of drug-likeness (QED) is 0.416. The minimum atomic E-state index is 0. The molecule has 0 radical (unpaired) electrons. The Morgan fingerprint density at radius 3 is 2.09 bits per heavy atom. The predicted molar refractivity (Wildman–Crippen MR) is 103 cm³/mol. The van der Waals surface area contributed by atoms with Crippen molar-refractivity contribution >= 4 is 35.8 Å². The molecule has 0 saturated carbocycles. The van der Waals surface area contributed by atoms with Crippen molar-refractivity contribution in [3.05, 3.63) is 0 Å². The number of amides is 1. The first-order valence-corrected chi connectivity index (χ1v) is 7.74. The molecular weight excluding hydrogens is 393 g/mol. The van der Waals surface area contributed by atoms with E-state index < -0.39 is 0 Å². The predicted octanol–water partition coefficient (Wildman–Crippen LogP) is 1.07. The number of halogens is 1. The summed E-state index contributed by atoms with van der Waals surface area (Å²) >= 11 is 0. The van der Waals surface area contributed by atoms with Gasteiger partial charge in [-0.2, -0.15) is 0 Å². The topological polar surface area (TPSA) is 51.2 Å². The highest BCUT2D eigenvalue weighted by Gasteiger charge is 2.23. The number of guanidine groups is 1. The van der Waals surface area contributed by atoms with Crippen LogP contribution in [0.15, 0.2) is 4.99 Å². The smallest absolute Gasteiger partial charge is 0.219 e. The van der Waals surface area contributed by atoms with Crippen LogP contribution in [0.2, 0.25) is 0 Å². The number of carbonyl (C=O) groups is 1. The number of likely N-dealkylation sites (N-methyl/N-ethyl adjacent to an activating group) is 1. The van der Waals surface area contributed by atoms with E-state index >= 15 is 0 Å². The van der Waals surface area contributed by atoms with Gasteiger partial charge in [-0.3, -0.25) is 9.79 Å². The van der Waals surface area contributed by atoms with Crippen molar-refractivity contribution in [3.8, 4) is 0 Å². The summed E-state index contributed by atoms with van der Waals surface area (Å²) in [5.41, 5.74) is 0.0296. The zero-order valence-electron chi connectivity index (χ0n) is 14.8. The molecule has 1 saturated heterocycles. The molecule has 6 nitrogen and oxygen atoms in total. The van der Waals surface area contributed by atoms with Crippen LogP contribution in [0.25, 0.3) is 0 Å². The van der Waals surface area contributed by atoms with Gasteiger partial charge >= 0.3 is 0 Å². The third kappa shape index (κ3) is 6.28. The Labute approximate surface area is 152 Å². The van der Waals surface area contributed by atoms with Crippen molar-refractivity contribution in [1.29, 1.82) is 0 Å². The van der Waals surface area contributed by atoms with Gasteiger partial charge in [0.15, 0.2) is 5.96 Å². The monoisotopic (exact) mass is 425 g/mol. The third-order valence-corrected chi connectivity index (χ3v) is 4.19. The molecule has 0 bridgehead atoms. The molecule has 1 fully saturated rings. The Morgan fingerprint density at radius 2 is 1.68 bits per heavy atom. The van der Waals surface area contributed by atoms with Crippen molar-refractivity contribution in [2.45, 2.75) is 33.2 Å². The second-order valence-corrected chi connectivity index (χ2v) is 6.37. The molecule has 1 aliphatic rings. The molecule has 0 aromatic heterocycles. The molecule has 0 aromatic rings. The lowest BCUT2D eigenvalue weighted by molar-refractivity contribution is -0.130. The number of hydrogen-bond acceptors (Lipinski definition) is 3. The van der Waals surface area contributed by atoms with Crippen LogP contribution < -0.4 is 5.32 Å². The van der Waals surface area contributed by atoms with E-state index in [2.05, 4.69) is 50.0 Å². The van der Waals surface area contributed by atoms with E-state index in [4.69, 9.17) is 4.99 Å². The van der Waals surface area contributed by atoms with Crippen molar-refractivity contribution in [3.63, 3.8) is 0 Å². The third-order valence-electron chi connectivity index (χ3n) is 4.19. The highest BCUT2D eigenvalue weighted by Crippen LogP contribution is 2.11. The van der Waals surface area contributed by atoms with Crippen LogP contribution in [0.1, 0.15) is 27.7 Å². The van der Waals surface area contributed by atoms with Gasteiger partial charge in [-0.05, 0) is 34.9 Å². The lowest BCUT2D eigenvalue weighted by atomic mass is 10.1. The van der Waals surface area contributed by atoms with Crippen LogP contribution in [-0.2, 0) is 4.79 Å². The van der Waals surface area contributed by atoms with Gasteiger partial charge in [-0.15, -0.1) is 24.0 Å². The summed E-state index contributed by atoms with van der Waals surface area (Å²) < 4.78 is 0. The van der Waals surface area contributed by atoms with Gasteiger partial charge in [0.1, 0.15) is 0 Å². The first-order chi connectivity index (χ1) is 9.77. The summed E-state index contributed by atoms with van der Waals surface area (Å²) in [6.07, 6.45) is 0. The Bertz CT molecular complexity index is 376. The van der Waals surface area contributed by atoms with E-state index in [-0.39, 0.29) is 35.4 Å². The number of carbonyl (C=O) groups excluding carboxylic acids is 1. The fraction of sp³-hybridized carbons (Fsp3) is 0.867. The van der Waals surface area contributed by atoms with Gasteiger partial charge in [0.05, 0.1) is 6.54 Å². The number of piperazine rings is 1. The second-order valence-electron chi connectivity index (χ2n) is 6.37. The second kappa shape index (κ2) is 9.54. The summed E-state index contributed by atoms with van der Waals surface area (Å²) in [4.78, 5) is 22.5. The molecule has 1 N–H and O–H groups in total. The Hall–Kier alpha value is -0.570.